The van der Waals surface area contributed by atoms with E-state index in [4.69, 9.17) is 9.47 Å². The van der Waals surface area contributed by atoms with E-state index in [2.05, 4.69) is 17.4 Å². The first-order chi connectivity index (χ1) is 15.9. The number of rotatable bonds is 6. The van der Waals surface area contributed by atoms with Crippen LogP contribution in [0.5, 0.6) is 5.75 Å². The molecular weight excluding hydrogens is 431 g/mol. The van der Waals surface area contributed by atoms with Gasteiger partial charge in [0.2, 0.25) is 0 Å². The minimum atomic E-state index is -4.49. The zero-order chi connectivity index (χ0) is 23.4. The molecule has 7 heteroatoms. The Kier molecular flexibility index (Phi) is 6.40. The molecule has 4 nitrogen and oxygen atoms in total. The van der Waals surface area contributed by atoms with Crippen LogP contribution in [-0.4, -0.2) is 26.4 Å². The summed E-state index contributed by atoms with van der Waals surface area (Å²) < 4.78 is 49.2. The summed E-state index contributed by atoms with van der Waals surface area (Å²) in [4.78, 5) is 12.2. The highest BCUT2D eigenvalue weighted by atomic mass is 19.4. The SMILES string of the molecule is COc1cc(C=CCNC(=O)OCC2c3ccccc3-c3ccccc32)ccc1C(F)(F)F. The molecule has 1 aliphatic rings. The maximum Gasteiger partial charge on any atom is 0.419 e. The Hall–Kier alpha value is -3.74. The van der Waals surface area contributed by atoms with E-state index in [0.717, 1.165) is 28.3 Å². The van der Waals surface area contributed by atoms with Crippen LogP contribution in [0.2, 0.25) is 0 Å². The van der Waals surface area contributed by atoms with Crippen molar-refractivity contribution >= 4 is 12.2 Å². The van der Waals surface area contributed by atoms with E-state index in [1.165, 1.54) is 19.2 Å². The molecule has 4 rings (SSSR count). The van der Waals surface area contributed by atoms with Gasteiger partial charge in [-0.1, -0.05) is 66.7 Å². The minimum Gasteiger partial charge on any atom is -0.496 e. The lowest BCUT2D eigenvalue weighted by atomic mass is 9.98. The monoisotopic (exact) mass is 453 g/mol. The van der Waals surface area contributed by atoms with Crippen molar-refractivity contribution in [1.29, 1.82) is 0 Å². The van der Waals surface area contributed by atoms with Gasteiger partial charge in [0.15, 0.2) is 0 Å². The maximum absolute atomic E-state index is 13.0. The average molecular weight is 453 g/mol. The van der Waals surface area contributed by atoms with Crippen LogP contribution in [0.1, 0.15) is 28.2 Å². The lowest BCUT2D eigenvalue weighted by molar-refractivity contribution is -0.138. The zero-order valence-corrected chi connectivity index (χ0v) is 17.9. The van der Waals surface area contributed by atoms with Crippen molar-refractivity contribution in [2.75, 3.05) is 20.3 Å². The summed E-state index contributed by atoms with van der Waals surface area (Å²) >= 11 is 0. The van der Waals surface area contributed by atoms with Crippen LogP contribution in [0.3, 0.4) is 0 Å². The minimum absolute atomic E-state index is 0.0293. The normalized spacial score (nSPS) is 13.0. The summed E-state index contributed by atoms with van der Waals surface area (Å²) in [7, 11) is 1.19. The molecule has 3 aromatic carbocycles. The van der Waals surface area contributed by atoms with E-state index < -0.39 is 17.8 Å². The third kappa shape index (κ3) is 4.87. The highest BCUT2D eigenvalue weighted by molar-refractivity contribution is 5.79. The topological polar surface area (TPSA) is 47.6 Å². The van der Waals surface area contributed by atoms with Gasteiger partial charge < -0.3 is 14.8 Å². The number of hydrogen-bond acceptors (Lipinski definition) is 3. The van der Waals surface area contributed by atoms with Gasteiger partial charge in [0.1, 0.15) is 12.4 Å². The fraction of sp³-hybridized carbons (Fsp3) is 0.192. The second-order valence-corrected chi connectivity index (χ2v) is 7.57. The molecule has 170 valence electrons. The van der Waals surface area contributed by atoms with E-state index >= 15 is 0 Å². The summed E-state index contributed by atoms with van der Waals surface area (Å²) in [5.74, 6) is -0.285. The van der Waals surface area contributed by atoms with Gasteiger partial charge in [0.05, 0.1) is 12.7 Å². The van der Waals surface area contributed by atoms with Crippen LogP contribution >= 0.6 is 0 Å². The number of fused-ring (bicyclic) bond motifs is 3. The molecule has 0 bridgehead atoms. The molecule has 0 atom stereocenters. The quantitative estimate of drug-likeness (QED) is 0.479. The molecule has 1 N–H and O–H groups in total. The van der Waals surface area contributed by atoms with Crippen LogP contribution in [-0.2, 0) is 10.9 Å². The summed E-state index contributed by atoms with van der Waals surface area (Å²) in [5, 5.41) is 2.63. The molecule has 3 aromatic rings. The largest absolute Gasteiger partial charge is 0.496 e. The van der Waals surface area contributed by atoms with Gasteiger partial charge in [-0.3, -0.25) is 0 Å². The number of ether oxygens (including phenoxy) is 2. The van der Waals surface area contributed by atoms with Gasteiger partial charge in [-0.15, -0.1) is 0 Å². The number of amides is 1. The first-order valence-electron chi connectivity index (χ1n) is 10.4. The van der Waals surface area contributed by atoms with Gasteiger partial charge in [-0.05, 0) is 39.9 Å². The van der Waals surface area contributed by atoms with E-state index in [1.54, 1.807) is 12.2 Å². The second kappa shape index (κ2) is 9.40. The second-order valence-electron chi connectivity index (χ2n) is 7.57. The van der Waals surface area contributed by atoms with Gasteiger partial charge in [-0.25, -0.2) is 4.79 Å². The van der Waals surface area contributed by atoms with Gasteiger partial charge >= 0.3 is 12.3 Å². The predicted molar refractivity (Wildman–Crippen MR) is 120 cm³/mol. The van der Waals surface area contributed by atoms with Crippen LogP contribution in [0.15, 0.2) is 72.8 Å². The molecule has 0 heterocycles. The summed E-state index contributed by atoms with van der Waals surface area (Å²) in [6.07, 6.45) is -1.82. The van der Waals surface area contributed by atoms with Gasteiger partial charge in [-0.2, -0.15) is 13.2 Å². The number of carbonyl (C=O) groups is 1. The zero-order valence-electron chi connectivity index (χ0n) is 17.9. The maximum atomic E-state index is 13.0. The summed E-state index contributed by atoms with van der Waals surface area (Å²) in [6.45, 7) is 0.375. The Morgan fingerprint density at radius 2 is 1.64 bits per heavy atom. The number of alkyl carbamates (subject to hydrolysis) is 1. The van der Waals surface area contributed by atoms with Crippen molar-refractivity contribution in [3.8, 4) is 16.9 Å². The highest BCUT2D eigenvalue weighted by Gasteiger charge is 2.34. The van der Waals surface area contributed by atoms with Crippen molar-refractivity contribution in [2.24, 2.45) is 0 Å². The first kappa shape index (κ1) is 22.5. The van der Waals surface area contributed by atoms with Crippen LogP contribution in [0.25, 0.3) is 17.2 Å². The Bertz CT molecular complexity index is 1140. The smallest absolute Gasteiger partial charge is 0.419 e. The number of methoxy groups -OCH3 is 1. The van der Waals surface area contributed by atoms with Crippen molar-refractivity contribution in [3.05, 3.63) is 95.1 Å². The van der Waals surface area contributed by atoms with E-state index in [0.29, 0.717) is 5.56 Å². The third-order valence-electron chi connectivity index (χ3n) is 5.55. The molecule has 0 saturated carbocycles. The van der Waals surface area contributed by atoms with Crippen LogP contribution in [0, 0.1) is 0 Å². The van der Waals surface area contributed by atoms with Crippen LogP contribution < -0.4 is 10.1 Å². The Balaban J connectivity index is 1.32. The number of nitrogens with one attached hydrogen (secondary N) is 1. The molecule has 0 radical (unpaired) electrons. The van der Waals surface area contributed by atoms with Gasteiger partial charge in [0, 0.05) is 12.5 Å². The fourth-order valence-electron chi connectivity index (χ4n) is 4.03. The van der Waals surface area contributed by atoms with Crippen LogP contribution in [0.4, 0.5) is 18.0 Å². The standard InChI is InChI=1S/C26H22F3NO3/c1-32-24-15-17(12-13-23(24)26(27,28)29)7-6-14-30-25(31)33-16-22-20-10-4-2-8-18(20)19-9-3-5-11-21(19)22/h2-13,15,22H,14,16H2,1H3,(H,30,31). The number of hydrogen-bond donors (Lipinski definition) is 1. The fourth-order valence-corrected chi connectivity index (χ4v) is 4.03. The molecule has 0 fully saturated rings. The summed E-state index contributed by atoms with van der Waals surface area (Å²) in [6, 6.07) is 19.8. The molecular formula is C26H22F3NO3. The average Bonchev–Trinajstić information content (AvgIpc) is 3.13. The van der Waals surface area contributed by atoms with Crippen molar-refractivity contribution < 1.29 is 27.4 Å². The molecule has 33 heavy (non-hydrogen) atoms. The molecule has 0 aliphatic heterocycles. The molecule has 1 amide bonds. The summed E-state index contributed by atoms with van der Waals surface area (Å²) in [5.41, 5.74) is 4.24. The predicted octanol–water partition coefficient (Wildman–Crippen LogP) is 6.27. The highest BCUT2D eigenvalue weighted by Crippen LogP contribution is 2.44. The molecule has 0 saturated heterocycles. The molecule has 0 spiro atoms. The number of benzene rings is 3. The third-order valence-corrected chi connectivity index (χ3v) is 5.55. The number of alkyl halides is 3. The van der Waals surface area contributed by atoms with Crippen molar-refractivity contribution in [2.45, 2.75) is 12.1 Å². The molecule has 0 aromatic heterocycles. The Morgan fingerprint density at radius 1 is 1.00 bits per heavy atom. The Morgan fingerprint density at radius 3 is 2.24 bits per heavy atom. The van der Waals surface area contributed by atoms with E-state index in [-0.39, 0.29) is 24.8 Å². The molecule has 1 aliphatic carbocycles. The van der Waals surface area contributed by atoms with Gasteiger partial charge in [0.25, 0.3) is 0 Å². The lowest BCUT2D eigenvalue weighted by Crippen LogP contribution is -2.26. The Labute approximate surface area is 189 Å². The number of halogens is 3. The van der Waals surface area contributed by atoms with Crippen molar-refractivity contribution in [3.63, 3.8) is 0 Å². The lowest BCUT2D eigenvalue weighted by Gasteiger charge is -2.14. The first-order valence-corrected chi connectivity index (χ1v) is 10.4. The van der Waals surface area contributed by atoms with E-state index in [9.17, 15) is 18.0 Å². The van der Waals surface area contributed by atoms with E-state index in [1.807, 2.05) is 36.4 Å². The number of carbonyl (C=O) groups excluding carboxylic acids is 1. The molecule has 0 unspecified atom stereocenters. The van der Waals surface area contributed by atoms with Crippen molar-refractivity contribution in [1.82, 2.24) is 5.32 Å².